The van der Waals surface area contributed by atoms with Crippen molar-refractivity contribution in [2.24, 2.45) is 7.05 Å². The van der Waals surface area contributed by atoms with E-state index < -0.39 is 0 Å². The molecule has 0 aliphatic heterocycles. The number of nitrogens with one attached hydrogen (secondary N) is 1. The SMILES string of the molecule is COc1ccc(-c2c(-c3cncn3C)n[nH]c2C)cc1. The molecule has 0 spiro atoms. The zero-order chi connectivity index (χ0) is 14.1. The number of hydrogen-bond acceptors (Lipinski definition) is 3. The van der Waals surface area contributed by atoms with Gasteiger partial charge in [-0.2, -0.15) is 5.10 Å². The lowest BCUT2D eigenvalue weighted by atomic mass is 10.0. The van der Waals surface area contributed by atoms with Gasteiger partial charge in [0.2, 0.25) is 0 Å². The van der Waals surface area contributed by atoms with Crippen LogP contribution >= 0.6 is 0 Å². The number of methoxy groups -OCH3 is 1. The van der Waals surface area contributed by atoms with Gasteiger partial charge in [-0.15, -0.1) is 0 Å². The Kier molecular flexibility index (Phi) is 3.02. The maximum absolute atomic E-state index is 5.20. The topological polar surface area (TPSA) is 55.7 Å². The first-order chi connectivity index (χ1) is 9.70. The fourth-order valence-corrected chi connectivity index (χ4v) is 2.31. The van der Waals surface area contributed by atoms with E-state index in [1.165, 1.54) is 0 Å². The molecule has 102 valence electrons. The second-order valence-electron chi connectivity index (χ2n) is 4.69. The fraction of sp³-hybridized carbons (Fsp3) is 0.200. The van der Waals surface area contributed by atoms with Crippen molar-refractivity contribution >= 4 is 0 Å². The molecule has 3 rings (SSSR count). The van der Waals surface area contributed by atoms with E-state index in [1.807, 2.05) is 49.0 Å². The maximum atomic E-state index is 5.20. The van der Waals surface area contributed by atoms with Gasteiger partial charge in [0.1, 0.15) is 11.4 Å². The van der Waals surface area contributed by atoms with Crippen molar-refractivity contribution in [3.8, 4) is 28.3 Å². The van der Waals surface area contributed by atoms with Gasteiger partial charge in [0.05, 0.1) is 25.3 Å². The number of hydrogen-bond donors (Lipinski definition) is 1. The number of aromatic nitrogens is 4. The molecule has 0 bridgehead atoms. The minimum Gasteiger partial charge on any atom is -0.497 e. The van der Waals surface area contributed by atoms with Crippen LogP contribution in [0.15, 0.2) is 36.8 Å². The highest BCUT2D eigenvalue weighted by atomic mass is 16.5. The summed E-state index contributed by atoms with van der Waals surface area (Å²) in [5.41, 5.74) is 5.13. The molecule has 0 radical (unpaired) electrons. The summed E-state index contributed by atoms with van der Waals surface area (Å²) < 4.78 is 7.16. The zero-order valence-corrected chi connectivity index (χ0v) is 11.7. The standard InChI is InChI=1S/C15H16N4O/c1-10-14(11-4-6-12(20-3)7-5-11)15(18-17-10)13-8-16-9-19(13)2/h4-9H,1-3H3,(H,17,18). The largest absolute Gasteiger partial charge is 0.497 e. The molecule has 0 aliphatic rings. The fourth-order valence-electron chi connectivity index (χ4n) is 2.31. The number of imidazole rings is 1. The van der Waals surface area contributed by atoms with Gasteiger partial charge in [-0.05, 0) is 24.6 Å². The summed E-state index contributed by atoms with van der Waals surface area (Å²) in [6, 6.07) is 7.98. The smallest absolute Gasteiger partial charge is 0.118 e. The molecule has 0 amide bonds. The number of rotatable bonds is 3. The predicted molar refractivity (Wildman–Crippen MR) is 77.5 cm³/mol. The van der Waals surface area contributed by atoms with Gasteiger partial charge < -0.3 is 9.30 Å². The van der Waals surface area contributed by atoms with E-state index in [9.17, 15) is 0 Å². The van der Waals surface area contributed by atoms with Gasteiger partial charge in [-0.3, -0.25) is 5.10 Å². The molecule has 5 heteroatoms. The Hall–Kier alpha value is -2.56. The van der Waals surface area contributed by atoms with E-state index in [2.05, 4.69) is 15.2 Å². The molecule has 3 aromatic rings. The van der Waals surface area contributed by atoms with Crippen molar-refractivity contribution in [1.82, 2.24) is 19.7 Å². The summed E-state index contributed by atoms with van der Waals surface area (Å²) in [6.07, 6.45) is 3.60. The second kappa shape index (κ2) is 4.85. The number of benzene rings is 1. The molecule has 0 unspecified atom stereocenters. The molecule has 2 heterocycles. The van der Waals surface area contributed by atoms with Crippen molar-refractivity contribution in [2.45, 2.75) is 6.92 Å². The Labute approximate surface area is 117 Å². The molecule has 1 N–H and O–H groups in total. The summed E-state index contributed by atoms with van der Waals surface area (Å²) in [6.45, 7) is 2.02. The van der Waals surface area contributed by atoms with E-state index in [1.54, 1.807) is 13.4 Å². The quantitative estimate of drug-likeness (QED) is 0.794. The lowest BCUT2D eigenvalue weighted by Crippen LogP contribution is -1.92. The molecule has 1 aromatic carbocycles. The third-order valence-corrected chi connectivity index (χ3v) is 3.39. The first-order valence-corrected chi connectivity index (χ1v) is 6.37. The summed E-state index contributed by atoms with van der Waals surface area (Å²) in [5, 5.41) is 7.48. The molecule has 2 aromatic heterocycles. The Morgan fingerprint density at radius 2 is 1.95 bits per heavy atom. The van der Waals surface area contributed by atoms with Crippen LogP contribution in [0.3, 0.4) is 0 Å². The van der Waals surface area contributed by atoms with E-state index in [0.717, 1.165) is 34.0 Å². The number of aryl methyl sites for hydroxylation is 2. The van der Waals surface area contributed by atoms with Crippen LogP contribution in [0.2, 0.25) is 0 Å². The van der Waals surface area contributed by atoms with Crippen molar-refractivity contribution in [3.05, 3.63) is 42.5 Å². The molecule has 0 fully saturated rings. The Morgan fingerprint density at radius 1 is 1.20 bits per heavy atom. The lowest BCUT2D eigenvalue weighted by Gasteiger charge is -2.06. The van der Waals surface area contributed by atoms with Gasteiger partial charge in [-0.1, -0.05) is 12.1 Å². The van der Waals surface area contributed by atoms with Crippen molar-refractivity contribution in [2.75, 3.05) is 7.11 Å². The third kappa shape index (κ3) is 1.97. The van der Waals surface area contributed by atoms with Crippen LogP contribution in [-0.2, 0) is 7.05 Å². The maximum Gasteiger partial charge on any atom is 0.118 e. The number of aromatic amines is 1. The summed E-state index contributed by atoms with van der Waals surface area (Å²) in [4.78, 5) is 4.16. The number of H-pyrrole nitrogens is 1. The Balaban J connectivity index is 2.13. The minimum absolute atomic E-state index is 0.844. The van der Waals surface area contributed by atoms with Crippen LogP contribution in [0, 0.1) is 6.92 Å². The third-order valence-electron chi connectivity index (χ3n) is 3.39. The van der Waals surface area contributed by atoms with E-state index in [-0.39, 0.29) is 0 Å². The average Bonchev–Trinajstić information content (AvgIpc) is 3.05. The van der Waals surface area contributed by atoms with Gasteiger partial charge in [0, 0.05) is 18.3 Å². The molecular weight excluding hydrogens is 252 g/mol. The lowest BCUT2D eigenvalue weighted by molar-refractivity contribution is 0.415. The molecule has 0 atom stereocenters. The Bertz CT molecular complexity index is 725. The summed E-state index contributed by atoms with van der Waals surface area (Å²) >= 11 is 0. The van der Waals surface area contributed by atoms with Crippen LogP contribution in [0.5, 0.6) is 5.75 Å². The van der Waals surface area contributed by atoms with Gasteiger partial charge in [0.15, 0.2) is 0 Å². The van der Waals surface area contributed by atoms with Crippen molar-refractivity contribution in [1.29, 1.82) is 0 Å². The van der Waals surface area contributed by atoms with Crippen LogP contribution in [0.4, 0.5) is 0 Å². The normalized spacial score (nSPS) is 10.8. The van der Waals surface area contributed by atoms with Crippen LogP contribution in [0.1, 0.15) is 5.69 Å². The van der Waals surface area contributed by atoms with Crippen LogP contribution in [0.25, 0.3) is 22.5 Å². The van der Waals surface area contributed by atoms with E-state index in [0.29, 0.717) is 0 Å². The van der Waals surface area contributed by atoms with Crippen LogP contribution < -0.4 is 4.74 Å². The highest BCUT2D eigenvalue weighted by molar-refractivity contribution is 5.81. The number of ether oxygens (including phenoxy) is 1. The van der Waals surface area contributed by atoms with E-state index >= 15 is 0 Å². The first kappa shape index (κ1) is 12.5. The van der Waals surface area contributed by atoms with E-state index in [4.69, 9.17) is 4.74 Å². The highest BCUT2D eigenvalue weighted by Crippen LogP contribution is 2.33. The molecule has 0 saturated carbocycles. The summed E-state index contributed by atoms with van der Waals surface area (Å²) in [7, 11) is 3.63. The van der Waals surface area contributed by atoms with Gasteiger partial charge >= 0.3 is 0 Å². The molecule has 0 aliphatic carbocycles. The zero-order valence-electron chi connectivity index (χ0n) is 11.7. The van der Waals surface area contributed by atoms with Gasteiger partial charge in [-0.25, -0.2) is 4.98 Å². The minimum atomic E-state index is 0.844. The van der Waals surface area contributed by atoms with Crippen LogP contribution in [-0.4, -0.2) is 26.9 Å². The molecule has 20 heavy (non-hydrogen) atoms. The molecular formula is C15H16N4O. The first-order valence-electron chi connectivity index (χ1n) is 6.37. The summed E-state index contributed by atoms with van der Waals surface area (Å²) in [5.74, 6) is 0.844. The second-order valence-corrected chi connectivity index (χ2v) is 4.69. The molecule has 5 nitrogen and oxygen atoms in total. The van der Waals surface area contributed by atoms with Crippen molar-refractivity contribution in [3.63, 3.8) is 0 Å². The van der Waals surface area contributed by atoms with Gasteiger partial charge in [0.25, 0.3) is 0 Å². The Morgan fingerprint density at radius 3 is 2.55 bits per heavy atom. The van der Waals surface area contributed by atoms with Crippen molar-refractivity contribution < 1.29 is 4.74 Å². The monoisotopic (exact) mass is 268 g/mol. The number of nitrogens with zero attached hydrogens (tertiary/aromatic N) is 3. The highest BCUT2D eigenvalue weighted by Gasteiger charge is 2.16. The average molecular weight is 268 g/mol. The predicted octanol–water partition coefficient (Wildman–Crippen LogP) is 2.79. The molecule has 0 saturated heterocycles.